The number of alkyl carbamates (subject to hydrolysis) is 1. The molecule has 1 aromatic rings. The molecule has 18 nitrogen and oxygen atoms in total. The molecule has 83 heavy (non-hydrogen) atoms. The summed E-state index contributed by atoms with van der Waals surface area (Å²) in [5.74, 6) is -6.53. The molecule has 5 rings (SSSR count). The Morgan fingerprint density at radius 3 is 1.90 bits per heavy atom. The third-order valence-electron chi connectivity index (χ3n) is 15.9. The number of Topliss-reactive ketones (excluding diaryl/α,β-unsaturated/α-hetero) is 1. The van der Waals surface area contributed by atoms with Gasteiger partial charge in [0, 0.05) is 31.6 Å². The zero-order valence-electron chi connectivity index (χ0n) is 50.5. The van der Waals surface area contributed by atoms with Gasteiger partial charge in [-0.05, 0) is 115 Å². The standard InChI is InChI=1S/C65H89NO17/c1-13-14-15-16-17-18-19-20-21-22-23-24-25-26-27-28-29-30-34-37-50(69)79-52(46(38-42(2)3)66-59(73)83-61(6,7)8)58(72)78-47-40-65(75)56(81-57(71)45-35-32-31-33-36-45)54-63(11,48(68)39-49-64(54,41-77-49)82-44(5)67)55(70)53(80-60(74)76-12)51(43(47)4)62(65,9)10/h14-15,17-18,20-21,23-24,26-27,29-33,35-36,42,46-49,52-54,56,68,75H,13,16,19,22,25,28,34,37-41H2,1-12H3,(H,66,73)/b15-14-,18-17-,21-20-,24-23-,27-26-,30-29-/t46-,47-,48-,49+,52+,53+,54?,56-,63+,64-,65+/m0/s1. The summed E-state index contributed by atoms with van der Waals surface area (Å²) in [6.07, 6.45) is 17.1. The lowest BCUT2D eigenvalue weighted by Crippen LogP contribution is -2.82. The van der Waals surface area contributed by atoms with Crippen molar-refractivity contribution in [1.82, 2.24) is 5.32 Å². The van der Waals surface area contributed by atoms with Gasteiger partial charge in [0.25, 0.3) is 0 Å². The number of nitrogens with one attached hydrogen (secondary N) is 1. The number of ketones is 1. The van der Waals surface area contributed by atoms with Crippen molar-refractivity contribution in [2.75, 3.05) is 13.7 Å². The third kappa shape index (κ3) is 16.6. The molecule has 18 heteroatoms. The summed E-state index contributed by atoms with van der Waals surface area (Å²) in [6.45, 7) is 17.5. The Hall–Kier alpha value is -6.63. The monoisotopic (exact) mass is 1160 g/mol. The first-order valence-electron chi connectivity index (χ1n) is 29.0. The van der Waals surface area contributed by atoms with E-state index in [2.05, 4.69) is 60.8 Å². The third-order valence-corrected chi connectivity index (χ3v) is 15.9. The predicted molar refractivity (Wildman–Crippen MR) is 310 cm³/mol. The van der Waals surface area contributed by atoms with E-state index in [1.807, 2.05) is 38.2 Å². The van der Waals surface area contributed by atoms with E-state index < -0.39 is 125 Å². The number of amides is 1. The maximum absolute atomic E-state index is 15.8. The molecule has 1 unspecified atom stereocenters. The van der Waals surface area contributed by atoms with Gasteiger partial charge in [0.05, 0.1) is 42.8 Å². The number of ether oxygens (including phenoxy) is 8. The van der Waals surface area contributed by atoms with Gasteiger partial charge < -0.3 is 53.4 Å². The van der Waals surface area contributed by atoms with Crippen molar-refractivity contribution in [2.45, 2.75) is 206 Å². The molecule has 0 aromatic heterocycles. The van der Waals surface area contributed by atoms with Gasteiger partial charge in [-0.15, -0.1) is 0 Å². The van der Waals surface area contributed by atoms with E-state index in [1.54, 1.807) is 39.0 Å². The summed E-state index contributed by atoms with van der Waals surface area (Å²) >= 11 is 0. The number of rotatable bonds is 25. The Balaban J connectivity index is 1.50. The number of hydrogen-bond acceptors (Lipinski definition) is 17. The minimum Gasteiger partial charge on any atom is -0.455 e. The maximum Gasteiger partial charge on any atom is 0.509 e. The molecule has 0 spiro atoms. The Kier molecular flexibility index (Phi) is 24.1. The minimum absolute atomic E-state index is 0.0417. The number of hydrogen-bond donors (Lipinski definition) is 3. The van der Waals surface area contributed by atoms with Crippen molar-refractivity contribution in [3.63, 3.8) is 0 Å². The lowest BCUT2D eigenvalue weighted by atomic mass is 9.44. The van der Waals surface area contributed by atoms with Crippen LogP contribution in [0.3, 0.4) is 0 Å². The largest absolute Gasteiger partial charge is 0.509 e. The SMILES string of the molecule is CC/C=C\C/C=C\C/C=C\C/C=C\C/C=C\C/C=C\CCC(=O)O[C@@H](C(=O)O[C@H]1C[C@@]2(O)[C@@H](OC(=O)c3ccccc3)C3[C@](C)(C(=O)[C@H](OC(=O)OC)C(=C1C)C2(C)C)[C@@H](O)C[C@H]1OC[C@@]31OC(C)=O)[C@H](CC(C)C)NC(=O)OC(C)(C)C. The van der Waals surface area contributed by atoms with Gasteiger partial charge in [-0.1, -0.05) is 126 Å². The molecular weight excluding hydrogens is 1070 g/mol. The van der Waals surface area contributed by atoms with E-state index in [4.69, 9.17) is 37.9 Å². The van der Waals surface area contributed by atoms with Gasteiger partial charge in [0.2, 0.25) is 6.10 Å². The highest BCUT2D eigenvalue weighted by Gasteiger charge is 2.78. The summed E-state index contributed by atoms with van der Waals surface area (Å²) < 4.78 is 47.4. The molecule has 1 aromatic carbocycles. The average molecular weight is 1160 g/mol. The quantitative estimate of drug-likeness (QED) is 0.0468. The minimum atomic E-state index is -2.48. The van der Waals surface area contributed by atoms with Crippen LogP contribution in [-0.2, 0) is 57.1 Å². The van der Waals surface area contributed by atoms with Crippen molar-refractivity contribution >= 4 is 41.9 Å². The highest BCUT2D eigenvalue weighted by Crippen LogP contribution is 2.64. The molecule has 1 amide bonds. The first-order chi connectivity index (χ1) is 39.2. The van der Waals surface area contributed by atoms with E-state index in [-0.39, 0.29) is 54.9 Å². The molecule has 1 saturated heterocycles. The van der Waals surface area contributed by atoms with Crippen LogP contribution in [0.15, 0.2) is 114 Å². The van der Waals surface area contributed by atoms with Gasteiger partial charge in [0.1, 0.15) is 29.5 Å². The van der Waals surface area contributed by atoms with E-state index in [9.17, 15) is 34.2 Å². The van der Waals surface area contributed by atoms with E-state index in [0.29, 0.717) is 6.42 Å². The maximum atomic E-state index is 15.8. The predicted octanol–water partition coefficient (Wildman–Crippen LogP) is 10.8. The highest BCUT2D eigenvalue weighted by atomic mass is 16.7. The number of aliphatic hydroxyl groups excluding tert-OH is 1. The lowest BCUT2D eigenvalue weighted by Gasteiger charge is -2.67. The Morgan fingerprint density at radius 1 is 0.831 bits per heavy atom. The zero-order chi connectivity index (χ0) is 61.3. The van der Waals surface area contributed by atoms with Crippen LogP contribution in [0, 0.1) is 22.7 Å². The van der Waals surface area contributed by atoms with Crippen LogP contribution < -0.4 is 5.32 Å². The lowest BCUT2D eigenvalue weighted by molar-refractivity contribution is -0.346. The van der Waals surface area contributed by atoms with Gasteiger partial charge >= 0.3 is 36.1 Å². The van der Waals surface area contributed by atoms with Crippen LogP contribution in [0.1, 0.15) is 157 Å². The number of benzene rings is 1. The number of allylic oxidation sites excluding steroid dienone is 12. The number of aliphatic hydroxyl groups is 2. The Bertz CT molecular complexity index is 2660. The second-order valence-corrected chi connectivity index (χ2v) is 23.9. The topological polar surface area (TPSA) is 246 Å². The number of esters is 4. The van der Waals surface area contributed by atoms with Crippen molar-refractivity contribution in [3.05, 3.63) is 120 Å². The fourth-order valence-electron chi connectivity index (χ4n) is 11.8. The molecule has 1 aliphatic heterocycles. The number of fused-ring (bicyclic) bond motifs is 5. The van der Waals surface area contributed by atoms with Crippen LogP contribution >= 0.6 is 0 Å². The molecule has 4 aliphatic rings. The van der Waals surface area contributed by atoms with E-state index >= 15 is 9.59 Å². The first-order valence-corrected chi connectivity index (χ1v) is 29.0. The molecule has 1 heterocycles. The fraction of sp³-hybridized carbons (Fsp3) is 0.585. The van der Waals surface area contributed by atoms with Crippen LogP contribution in [-0.4, -0.2) is 125 Å². The van der Waals surface area contributed by atoms with Gasteiger partial charge in [-0.3, -0.25) is 14.4 Å². The van der Waals surface area contributed by atoms with Crippen LogP contribution in [0.2, 0.25) is 0 Å². The molecule has 11 atom stereocenters. The van der Waals surface area contributed by atoms with Crippen molar-refractivity contribution < 1.29 is 81.7 Å². The van der Waals surface area contributed by atoms with Gasteiger partial charge in [-0.25, -0.2) is 19.2 Å². The van der Waals surface area contributed by atoms with Gasteiger partial charge in [-0.2, -0.15) is 0 Å². The molecule has 2 bridgehead atoms. The second-order valence-electron chi connectivity index (χ2n) is 23.9. The Morgan fingerprint density at radius 2 is 1.40 bits per heavy atom. The molecule has 0 radical (unpaired) electrons. The van der Waals surface area contributed by atoms with E-state index in [0.717, 1.165) is 46.1 Å². The highest BCUT2D eigenvalue weighted by molar-refractivity contribution is 5.95. The zero-order valence-corrected chi connectivity index (χ0v) is 50.5. The van der Waals surface area contributed by atoms with Crippen LogP contribution in [0.4, 0.5) is 9.59 Å². The van der Waals surface area contributed by atoms with Crippen molar-refractivity contribution in [3.8, 4) is 0 Å². The number of carbonyl (C=O) groups excluding carboxylic acids is 7. The smallest absolute Gasteiger partial charge is 0.455 e. The fourth-order valence-corrected chi connectivity index (χ4v) is 11.8. The summed E-state index contributed by atoms with van der Waals surface area (Å²) in [7, 11) is 1.03. The summed E-state index contributed by atoms with van der Waals surface area (Å²) in [5, 5.41) is 29.0. The second kappa shape index (κ2) is 29.8. The molecule has 3 N–H and O–H groups in total. The van der Waals surface area contributed by atoms with Crippen molar-refractivity contribution in [1.29, 1.82) is 0 Å². The summed E-state index contributed by atoms with van der Waals surface area (Å²) in [6, 6.07) is 6.57. The Labute approximate surface area is 489 Å². The van der Waals surface area contributed by atoms with Gasteiger partial charge in [0.15, 0.2) is 17.5 Å². The molecular formula is C65H89NO17. The molecule has 3 fully saturated rings. The first kappa shape index (κ1) is 67.2. The number of methoxy groups -OCH3 is 1. The summed E-state index contributed by atoms with van der Waals surface area (Å²) in [4.78, 5) is 99.6. The molecule has 456 valence electrons. The summed E-state index contributed by atoms with van der Waals surface area (Å²) in [5.41, 5.74) is -9.13. The van der Waals surface area contributed by atoms with Crippen LogP contribution in [0.25, 0.3) is 0 Å². The average Bonchev–Trinajstić information content (AvgIpc) is 0.708. The van der Waals surface area contributed by atoms with Crippen LogP contribution in [0.5, 0.6) is 0 Å². The molecule has 2 saturated carbocycles. The number of carbonyl (C=O) groups is 7. The molecule has 3 aliphatic carbocycles. The normalized spacial score (nSPS) is 27.6. The van der Waals surface area contributed by atoms with E-state index in [1.165, 1.54) is 39.8 Å². The van der Waals surface area contributed by atoms with Crippen molar-refractivity contribution in [2.24, 2.45) is 22.7 Å².